The van der Waals surface area contributed by atoms with Crippen molar-refractivity contribution in [1.82, 2.24) is 4.98 Å². The molecule has 0 aliphatic heterocycles. The first-order valence-corrected chi connectivity index (χ1v) is 3.82. The molecule has 14 heavy (non-hydrogen) atoms. The molecule has 0 saturated heterocycles. The summed E-state index contributed by atoms with van der Waals surface area (Å²) in [6.45, 7) is 0. The maximum absolute atomic E-state index is 10.4. The van der Waals surface area contributed by atoms with Crippen LogP contribution in [0.4, 0.5) is 5.69 Å². The van der Waals surface area contributed by atoms with E-state index in [2.05, 4.69) is 4.98 Å². The third-order valence-electron chi connectivity index (χ3n) is 1.76. The van der Waals surface area contributed by atoms with Crippen molar-refractivity contribution >= 4 is 11.7 Å². The van der Waals surface area contributed by atoms with Crippen molar-refractivity contribution in [1.29, 1.82) is 0 Å². The largest absolute Gasteiger partial charge is 0.479 e. The lowest BCUT2D eigenvalue weighted by Crippen LogP contribution is -2.28. The Morgan fingerprint density at radius 1 is 1.50 bits per heavy atom. The molecule has 0 amide bonds. The van der Waals surface area contributed by atoms with E-state index in [0.29, 0.717) is 0 Å². The van der Waals surface area contributed by atoms with Crippen molar-refractivity contribution in [2.75, 3.05) is 5.73 Å². The monoisotopic (exact) mass is 198 g/mol. The number of hydrogen-bond acceptors (Lipinski definition) is 5. The zero-order chi connectivity index (χ0) is 10.7. The topological polar surface area (TPSA) is 117 Å². The fourth-order valence-electron chi connectivity index (χ4n) is 0.970. The van der Waals surface area contributed by atoms with Crippen LogP contribution in [0.5, 0.6) is 0 Å². The lowest BCUT2D eigenvalue weighted by Gasteiger charge is -2.15. The summed E-state index contributed by atoms with van der Waals surface area (Å²) in [4.78, 5) is 14.0. The number of nitrogen functional groups attached to an aromatic ring is 1. The smallest absolute Gasteiger partial charge is 0.335 e. The predicted molar refractivity (Wildman–Crippen MR) is 47.3 cm³/mol. The molecule has 0 fully saturated rings. The van der Waals surface area contributed by atoms with Gasteiger partial charge in [0.25, 0.3) is 0 Å². The molecule has 76 valence electrons. The summed E-state index contributed by atoms with van der Waals surface area (Å²) < 4.78 is 0. The number of aromatic nitrogens is 1. The van der Waals surface area contributed by atoms with Gasteiger partial charge in [0, 0.05) is 23.6 Å². The molecule has 1 heterocycles. The number of aliphatic hydroxyl groups excluding tert-OH is 2. The molecule has 2 atom stereocenters. The van der Waals surface area contributed by atoms with E-state index < -0.39 is 18.2 Å². The minimum absolute atomic E-state index is 0.0994. The van der Waals surface area contributed by atoms with Crippen LogP contribution in [0.2, 0.25) is 0 Å². The van der Waals surface area contributed by atoms with Gasteiger partial charge in [0.15, 0.2) is 6.10 Å². The van der Waals surface area contributed by atoms with E-state index in [1.165, 1.54) is 18.5 Å². The number of pyridine rings is 1. The van der Waals surface area contributed by atoms with E-state index in [4.69, 9.17) is 15.9 Å². The zero-order valence-electron chi connectivity index (χ0n) is 7.16. The van der Waals surface area contributed by atoms with Crippen LogP contribution in [-0.4, -0.2) is 32.4 Å². The molecule has 1 aromatic rings. The number of nitrogens with two attached hydrogens (primary N) is 1. The van der Waals surface area contributed by atoms with E-state index in [0.717, 1.165) is 0 Å². The molecular weight excluding hydrogens is 188 g/mol. The first-order chi connectivity index (χ1) is 6.54. The summed E-state index contributed by atoms with van der Waals surface area (Å²) in [7, 11) is 0. The third-order valence-corrected chi connectivity index (χ3v) is 1.76. The molecule has 0 aliphatic rings. The number of carboxylic acid groups (broad SMARTS) is 1. The maximum Gasteiger partial charge on any atom is 0.335 e. The van der Waals surface area contributed by atoms with Gasteiger partial charge in [-0.05, 0) is 6.07 Å². The number of hydrogen-bond donors (Lipinski definition) is 4. The fraction of sp³-hybridized carbons (Fsp3) is 0.250. The number of carboxylic acids is 1. The van der Waals surface area contributed by atoms with Crippen LogP contribution in [0.1, 0.15) is 11.7 Å². The molecular formula is C8H10N2O4. The normalized spacial score (nSPS) is 14.7. The Morgan fingerprint density at radius 3 is 2.64 bits per heavy atom. The maximum atomic E-state index is 10.4. The van der Waals surface area contributed by atoms with Gasteiger partial charge in [0.1, 0.15) is 6.10 Å². The van der Waals surface area contributed by atoms with Crippen LogP contribution >= 0.6 is 0 Å². The quantitative estimate of drug-likeness (QED) is 0.502. The second-order valence-corrected chi connectivity index (χ2v) is 2.73. The van der Waals surface area contributed by atoms with E-state index in [-0.39, 0.29) is 11.3 Å². The Kier molecular flexibility index (Phi) is 3.00. The predicted octanol–water partition coefficient (Wildman–Crippen LogP) is -0.857. The number of aliphatic carboxylic acids is 1. The van der Waals surface area contributed by atoms with Crippen LogP contribution < -0.4 is 5.73 Å². The number of anilines is 1. The molecule has 0 aromatic carbocycles. The molecule has 0 aliphatic carbocycles. The van der Waals surface area contributed by atoms with Crippen LogP contribution in [-0.2, 0) is 4.79 Å². The molecule has 0 spiro atoms. The Morgan fingerprint density at radius 2 is 2.14 bits per heavy atom. The fourth-order valence-corrected chi connectivity index (χ4v) is 0.970. The van der Waals surface area contributed by atoms with Gasteiger partial charge in [-0.1, -0.05) is 0 Å². The zero-order valence-corrected chi connectivity index (χ0v) is 7.16. The second kappa shape index (κ2) is 4.03. The van der Waals surface area contributed by atoms with Gasteiger partial charge < -0.3 is 21.1 Å². The summed E-state index contributed by atoms with van der Waals surface area (Å²) in [6, 6.07) is 1.41. The number of aliphatic hydroxyl groups is 2. The van der Waals surface area contributed by atoms with Crippen molar-refractivity contribution in [3.8, 4) is 0 Å². The first kappa shape index (κ1) is 10.4. The van der Waals surface area contributed by atoms with E-state index in [1.54, 1.807) is 0 Å². The van der Waals surface area contributed by atoms with Crippen molar-refractivity contribution in [3.63, 3.8) is 0 Å². The molecule has 0 saturated carbocycles. The van der Waals surface area contributed by atoms with Crippen molar-refractivity contribution in [3.05, 3.63) is 24.0 Å². The number of rotatable bonds is 3. The van der Waals surface area contributed by atoms with E-state index >= 15 is 0 Å². The van der Waals surface area contributed by atoms with Crippen molar-refractivity contribution in [2.24, 2.45) is 0 Å². The average molecular weight is 198 g/mol. The highest BCUT2D eigenvalue weighted by molar-refractivity contribution is 5.73. The Hall–Kier alpha value is -1.66. The minimum Gasteiger partial charge on any atom is -0.479 e. The molecule has 0 bridgehead atoms. The van der Waals surface area contributed by atoms with Crippen molar-refractivity contribution < 1.29 is 20.1 Å². The molecule has 6 heteroatoms. The highest BCUT2D eigenvalue weighted by Crippen LogP contribution is 2.21. The average Bonchev–Trinajstić information content (AvgIpc) is 2.16. The molecule has 2 unspecified atom stereocenters. The second-order valence-electron chi connectivity index (χ2n) is 2.73. The molecule has 1 rings (SSSR count). The Balaban J connectivity index is 2.94. The highest BCUT2D eigenvalue weighted by atomic mass is 16.4. The van der Waals surface area contributed by atoms with E-state index in [1.807, 2.05) is 0 Å². The van der Waals surface area contributed by atoms with Gasteiger partial charge in [-0.2, -0.15) is 0 Å². The Labute approximate surface area is 79.6 Å². The van der Waals surface area contributed by atoms with Gasteiger partial charge in [-0.3, -0.25) is 4.98 Å². The van der Waals surface area contributed by atoms with Crippen LogP contribution in [0.3, 0.4) is 0 Å². The van der Waals surface area contributed by atoms with Gasteiger partial charge in [-0.25, -0.2) is 4.79 Å². The Bertz CT molecular complexity index is 342. The van der Waals surface area contributed by atoms with Gasteiger partial charge >= 0.3 is 5.97 Å². The molecule has 6 nitrogen and oxygen atoms in total. The summed E-state index contributed by atoms with van der Waals surface area (Å²) in [5.41, 5.74) is 5.74. The van der Waals surface area contributed by atoms with Crippen LogP contribution in [0.25, 0.3) is 0 Å². The summed E-state index contributed by atoms with van der Waals surface area (Å²) in [5.74, 6) is -1.51. The summed E-state index contributed by atoms with van der Waals surface area (Å²) in [6.07, 6.45) is -0.854. The first-order valence-electron chi connectivity index (χ1n) is 3.82. The highest BCUT2D eigenvalue weighted by Gasteiger charge is 2.26. The van der Waals surface area contributed by atoms with Gasteiger partial charge in [0.2, 0.25) is 0 Å². The summed E-state index contributed by atoms with van der Waals surface area (Å²) >= 11 is 0. The molecule has 5 N–H and O–H groups in total. The van der Waals surface area contributed by atoms with E-state index in [9.17, 15) is 9.90 Å². The van der Waals surface area contributed by atoms with Crippen LogP contribution in [0.15, 0.2) is 18.5 Å². The van der Waals surface area contributed by atoms with Gasteiger partial charge in [0.05, 0.1) is 0 Å². The summed E-state index contributed by atoms with van der Waals surface area (Å²) in [5, 5.41) is 26.9. The SMILES string of the molecule is Nc1ccncc1C(O)C(O)C(=O)O. The van der Waals surface area contributed by atoms with Gasteiger partial charge in [-0.15, -0.1) is 0 Å². The molecule has 1 aromatic heterocycles. The lowest BCUT2D eigenvalue weighted by atomic mass is 10.1. The van der Waals surface area contributed by atoms with Crippen LogP contribution in [0, 0.1) is 0 Å². The minimum atomic E-state index is -1.90. The molecule has 0 radical (unpaired) electrons. The number of carbonyl (C=O) groups is 1. The third kappa shape index (κ3) is 1.98. The van der Waals surface area contributed by atoms with Crippen molar-refractivity contribution in [2.45, 2.75) is 12.2 Å². The standard InChI is InChI=1S/C8H10N2O4/c9-5-1-2-10-3-4(5)6(11)7(12)8(13)14/h1-3,6-7,11-12H,(H2,9,10)(H,13,14). The number of nitrogens with zero attached hydrogens (tertiary/aromatic N) is 1. The lowest BCUT2D eigenvalue weighted by molar-refractivity contribution is -0.153.